The fourth-order valence-corrected chi connectivity index (χ4v) is 2.99. The Hall–Kier alpha value is -0.380. The van der Waals surface area contributed by atoms with Gasteiger partial charge in [-0.2, -0.15) is 0 Å². The third-order valence-electron chi connectivity index (χ3n) is 3.53. The standard InChI is InChI=1S/C15H23BrN2/c1-13(12-18-8-4-5-9-18)10-17-11-14-6-2-3-7-15(14)16/h2-3,6-7,13,17H,4-5,8-12H2,1H3. The monoisotopic (exact) mass is 310 g/mol. The van der Waals surface area contributed by atoms with E-state index in [1.54, 1.807) is 0 Å². The van der Waals surface area contributed by atoms with Crippen LogP contribution in [0.3, 0.4) is 0 Å². The highest BCUT2D eigenvalue weighted by molar-refractivity contribution is 9.10. The van der Waals surface area contributed by atoms with Gasteiger partial charge < -0.3 is 10.2 Å². The van der Waals surface area contributed by atoms with Crippen LogP contribution in [0.5, 0.6) is 0 Å². The van der Waals surface area contributed by atoms with Gasteiger partial charge in [0.2, 0.25) is 0 Å². The molecule has 0 spiro atoms. The van der Waals surface area contributed by atoms with Crippen molar-refractivity contribution >= 4 is 15.9 Å². The molecule has 100 valence electrons. The van der Waals surface area contributed by atoms with Crippen LogP contribution < -0.4 is 5.32 Å². The molecule has 0 aromatic heterocycles. The molecule has 0 aliphatic carbocycles. The lowest BCUT2D eigenvalue weighted by molar-refractivity contribution is 0.282. The van der Waals surface area contributed by atoms with Crippen LogP contribution >= 0.6 is 15.9 Å². The van der Waals surface area contributed by atoms with Crippen LogP contribution in [0.1, 0.15) is 25.3 Å². The molecule has 0 saturated carbocycles. The van der Waals surface area contributed by atoms with Gasteiger partial charge >= 0.3 is 0 Å². The maximum Gasteiger partial charge on any atom is 0.0220 e. The van der Waals surface area contributed by atoms with Crippen molar-refractivity contribution in [1.82, 2.24) is 10.2 Å². The lowest BCUT2D eigenvalue weighted by Gasteiger charge is -2.20. The second kappa shape index (κ2) is 7.27. The van der Waals surface area contributed by atoms with Gasteiger partial charge in [0.1, 0.15) is 0 Å². The molecular formula is C15H23BrN2. The Bertz CT molecular complexity index is 361. The van der Waals surface area contributed by atoms with Crippen LogP contribution in [0, 0.1) is 5.92 Å². The molecule has 3 heteroatoms. The number of rotatable bonds is 6. The maximum atomic E-state index is 3.59. The summed E-state index contributed by atoms with van der Waals surface area (Å²) in [6, 6.07) is 8.42. The maximum absolute atomic E-state index is 3.59. The van der Waals surface area contributed by atoms with E-state index in [1.165, 1.54) is 42.5 Å². The third kappa shape index (κ3) is 4.38. The van der Waals surface area contributed by atoms with Gasteiger partial charge in [-0.25, -0.2) is 0 Å². The van der Waals surface area contributed by atoms with Crippen LogP contribution in [-0.2, 0) is 6.54 Å². The van der Waals surface area contributed by atoms with E-state index in [0.717, 1.165) is 19.0 Å². The molecule has 1 atom stereocenters. The molecule has 0 bridgehead atoms. The third-order valence-corrected chi connectivity index (χ3v) is 4.31. The molecule has 0 amide bonds. The molecule has 1 aromatic carbocycles. The van der Waals surface area contributed by atoms with E-state index < -0.39 is 0 Å². The van der Waals surface area contributed by atoms with E-state index >= 15 is 0 Å². The minimum absolute atomic E-state index is 0.727. The molecule has 1 unspecified atom stereocenters. The predicted octanol–water partition coefficient (Wildman–Crippen LogP) is 3.27. The second-order valence-corrected chi connectivity index (χ2v) is 6.19. The van der Waals surface area contributed by atoms with Crippen molar-refractivity contribution in [2.45, 2.75) is 26.3 Å². The molecule has 2 rings (SSSR count). The summed E-state index contributed by atoms with van der Waals surface area (Å²) in [4.78, 5) is 2.59. The first kappa shape index (κ1) is 14.0. The first-order valence-corrected chi connectivity index (χ1v) is 7.71. The van der Waals surface area contributed by atoms with Gasteiger partial charge in [-0.3, -0.25) is 0 Å². The quantitative estimate of drug-likeness (QED) is 0.867. The fraction of sp³-hybridized carbons (Fsp3) is 0.600. The highest BCUT2D eigenvalue weighted by Crippen LogP contribution is 2.15. The molecule has 0 radical (unpaired) electrons. The first-order valence-electron chi connectivity index (χ1n) is 6.92. The molecule has 2 nitrogen and oxygen atoms in total. The summed E-state index contributed by atoms with van der Waals surface area (Å²) in [5.41, 5.74) is 1.34. The zero-order valence-corrected chi connectivity index (χ0v) is 12.7. The van der Waals surface area contributed by atoms with E-state index in [-0.39, 0.29) is 0 Å². The lowest BCUT2D eigenvalue weighted by atomic mass is 10.1. The van der Waals surface area contributed by atoms with E-state index in [9.17, 15) is 0 Å². The normalized spacial score (nSPS) is 18.1. The van der Waals surface area contributed by atoms with Crippen LogP contribution in [-0.4, -0.2) is 31.1 Å². The van der Waals surface area contributed by atoms with Gasteiger partial charge in [0, 0.05) is 17.6 Å². The minimum atomic E-state index is 0.727. The predicted molar refractivity (Wildman–Crippen MR) is 80.7 cm³/mol. The molecule has 1 aliphatic rings. The van der Waals surface area contributed by atoms with Crippen molar-refractivity contribution in [2.75, 3.05) is 26.2 Å². The number of likely N-dealkylation sites (tertiary alicyclic amines) is 1. The summed E-state index contributed by atoms with van der Waals surface area (Å²) in [7, 11) is 0. The summed E-state index contributed by atoms with van der Waals surface area (Å²) in [6.45, 7) is 8.22. The van der Waals surface area contributed by atoms with Crippen molar-refractivity contribution in [3.63, 3.8) is 0 Å². The number of nitrogens with zero attached hydrogens (tertiary/aromatic N) is 1. The number of hydrogen-bond donors (Lipinski definition) is 1. The molecule has 1 aromatic rings. The van der Waals surface area contributed by atoms with E-state index in [1.807, 2.05) is 0 Å². The fourth-order valence-electron chi connectivity index (χ4n) is 2.57. The Labute approximate surface area is 119 Å². The largest absolute Gasteiger partial charge is 0.312 e. The molecular weight excluding hydrogens is 288 g/mol. The molecule has 1 fully saturated rings. The smallest absolute Gasteiger partial charge is 0.0220 e. The lowest BCUT2D eigenvalue weighted by Crippen LogP contribution is -2.31. The molecule has 1 aliphatic heterocycles. The number of hydrogen-bond acceptors (Lipinski definition) is 2. The Kier molecular flexibility index (Phi) is 5.67. The Balaban J connectivity index is 1.67. The SMILES string of the molecule is CC(CNCc1ccccc1Br)CN1CCCC1. The summed E-state index contributed by atoms with van der Waals surface area (Å²) in [5.74, 6) is 0.727. The number of halogens is 1. The average Bonchev–Trinajstić information content (AvgIpc) is 2.84. The summed E-state index contributed by atoms with van der Waals surface area (Å²) in [5, 5.41) is 3.56. The second-order valence-electron chi connectivity index (χ2n) is 5.34. The first-order chi connectivity index (χ1) is 8.75. The average molecular weight is 311 g/mol. The summed E-state index contributed by atoms with van der Waals surface area (Å²) < 4.78 is 1.20. The van der Waals surface area contributed by atoms with Crippen molar-refractivity contribution in [3.05, 3.63) is 34.3 Å². The van der Waals surface area contributed by atoms with Gasteiger partial charge in [-0.15, -0.1) is 0 Å². The topological polar surface area (TPSA) is 15.3 Å². The molecule has 1 saturated heterocycles. The van der Waals surface area contributed by atoms with Crippen LogP contribution in [0.15, 0.2) is 28.7 Å². The van der Waals surface area contributed by atoms with Crippen molar-refractivity contribution in [1.29, 1.82) is 0 Å². The number of nitrogens with one attached hydrogen (secondary N) is 1. The van der Waals surface area contributed by atoms with Gasteiger partial charge in [-0.1, -0.05) is 41.1 Å². The van der Waals surface area contributed by atoms with Crippen LogP contribution in [0.4, 0.5) is 0 Å². The highest BCUT2D eigenvalue weighted by Gasteiger charge is 2.14. The van der Waals surface area contributed by atoms with Gasteiger partial charge in [0.25, 0.3) is 0 Å². The molecule has 18 heavy (non-hydrogen) atoms. The zero-order chi connectivity index (χ0) is 12.8. The molecule has 1 heterocycles. The Morgan fingerprint density at radius 2 is 2.00 bits per heavy atom. The highest BCUT2D eigenvalue weighted by atomic mass is 79.9. The Morgan fingerprint density at radius 1 is 1.28 bits per heavy atom. The summed E-state index contributed by atoms with van der Waals surface area (Å²) >= 11 is 3.59. The van der Waals surface area contributed by atoms with E-state index in [4.69, 9.17) is 0 Å². The van der Waals surface area contributed by atoms with Crippen LogP contribution in [0.25, 0.3) is 0 Å². The van der Waals surface area contributed by atoms with Crippen molar-refractivity contribution in [3.8, 4) is 0 Å². The van der Waals surface area contributed by atoms with E-state index in [2.05, 4.69) is 57.3 Å². The molecule has 1 N–H and O–H groups in total. The minimum Gasteiger partial charge on any atom is -0.312 e. The van der Waals surface area contributed by atoms with Crippen LogP contribution in [0.2, 0.25) is 0 Å². The van der Waals surface area contributed by atoms with Gasteiger partial charge in [-0.05, 0) is 50.0 Å². The Morgan fingerprint density at radius 3 is 2.72 bits per heavy atom. The summed E-state index contributed by atoms with van der Waals surface area (Å²) in [6.07, 6.45) is 2.77. The van der Waals surface area contributed by atoms with Gasteiger partial charge in [0.05, 0.1) is 0 Å². The van der Waals surface area contributed by atoms with Crippen molar-refractivity contribution in [2.24, 2.45) is 5.92 Å². The van der Waals surface area contributed by atoms with Crippen molar-refractivity contribution < 1.29 is 0 Å². The zero-order valence-electron chi connectivity index (χ0n) is 11.2. The van der Waals surface area contributed by atoms with Gasteiger partial charge in [0.15, 0.2) is 0 Å². The number of benzene rings is 1. The van der Waals surface area contributed by atoms with E-state index in [0.29, 0.717) is 0 Å².